The molecular weight excluding hydrogens is 281 g/mol. The standard InChI is InChI=1S/C13H13NO2Se/c15-12(9-5-1-2-6-9)14-13(16)10-7-3-4-8-11(10)17-14/h3-4,7-9H,1-2,5-6H2. The second-order valence-corrected chi connectivity index (χ2v) is 6.58. The van der Waals surface area contributed by atoms with Crippen molar-refractivity contribution >= 4 is 30.3 Å². The van der Waals surface area contributed by atoms with Crippen molar-refractivity contribution in [2.45, 2.75) is 25.7 Å². The summed E-state index contributed by atoms with van der Waals surface area (Å²) in [4.78, 5) is 24.4. The van der Waals surface area contributed by atoms with Crippen LogP contribution in [0, 0.1) is 5.92 Å². The Kier molecular flexibility index (Phi) is 2.77. The van der Waals surface area contributed by atoms with Crippen molar-refractivity contribution in [1.82, 2.24) is 3.56 Å². The van der Waals surface area contributed by atoms with Crippen LogP contribution in [0.25, 0.3) is 9.65 Å². The Bertz CT molecular complexity index is 620. The van der Waals surface area contributed by atoms with Crippen LogP contribution in [0.3, 0.4) is 0 Å². The van der Waals surface area contributed by atoms with Crippen LogP contribution < -0.4 is 5.56 Å². The van der Waals surface area contributed by atoms with Gasteiger partial charge in [0.2, 0.25) is 0 Å². The summed E-state index contributed by atoms with van der Waals surface area (Å²) in [5.41, 5.74) is -0.0856. The van der Waals surface area contributed by atoms with Gasteiger partial charge in [0.1, 0.15) is 0 Å². The van der Waals surface area contributed by atoms with Crippen molar-refractivity contribution in [2.75, 3.05) is 0 Å². The normalized spacial score (nSPS) is 16.7. The molecule has 3 rings (SSSR count). The third kappa shape index (κ3) is 1.81. The second kappa shape index (κ2) is 4.28. The Hall–Kier alpha value is -1.12. The van der Waals surface area contributed by atoms with E-state index in [9.17, 15) is 9.59 Å². The molecule has 0 unspecified atom stereocenters. The van der Waals surface area contributed by atoms with E-state index in [1.165, 1.54) is 3.56 Å². The number of nitrogens with zero attached hydrogens (tertiary/aromatic N) is 1. The predicted octanol–water partition coefficient (Wildman–Crippen LogP) is 1.89. The van der Waals surface area contributed by atoms with Gasteiger partial charge in [-0.3, -0.25) is 0 Å². The Balaban J connectivity index is 2.08. The fraction of sp³-hybridized carbons (Fsp3) is 0.385. The SMILES string of the molecule is O=C(C1CCCC1)n1[se]c2ccccc2c1=O. The molecule has 2 aromatic rings. The minimum absolute atomic E-state index is 0.0590. The first-order valence-corrected chi connectivity index (χ1v) is 7.55. The first-order chi connectivity index (χ1) is 8.27. The molecule has 3 nitrogen and oxygen atoms in total. The first-order valence-electron chi connectivity index (χ1n) is 5.92. The van der Waals surface area contributed by atoms with Gasteiger partial charge in [-0.15, -0.1) is 0 Å². The van der Waals surface area contributed by atoms with Crippen molar-refractivity contribution in [2.24, 2.45) is 5.92 Å². The molecule has 0 amide bonds. The topological polar surface area (TPSA) is 39.1 Å². The van der Waals surface area contributed by atoms with Gasteiger partial charge in [0.05, 0.1) is 0 Å². The number of hydrogen-bond acceptors (Lipinski definition) is 2. The summed E-state index contributed by atoms with van der Waals surface area (Å²) in [6, 6.07) is 7.56. The zero-order valence-electron chi connectivity index (χ0n) is 9.39. The van der Waals surface area contributed by atoms with Crippen LogP contribution in [-0.4, -0.2) is 24.2 Å². The molecule has 1 fully saturated rings. The van der Waals surface area contributed by atoms with E-state index in [4.69, 9.17) is 0 Å². The van der Waals surface area contributed by atoms with Crippen molar-refractivity contribution in [3.8, 4) is 0 Å². The number of aromatic nitrogens is 1. The second-order valence-electron chi connectivity index (χ2n) is 4.51. The van der Waals surface area contributed by atoms with Crippen molar-refractivity contribution in [1.29, 1.82) is 0 Å². The van der Waals surface area contributed by atoms with E-state index in [1.54, 1.807) is 0 Å². The van der Waals surface area contributed by atoms with Gasteiger partial charge in [-0.2, -0.15) is 0 Å². The van der Waals surface area contributed by atoms with Crippen LogP contribution >= 0.6 is 0 Å². The molecule has 4 heteroatoms. The molecule has 1 saturated carbocycles. The first kappa shape index (κ1) is 11.0. The van der Waals surface area contributed by atoms with Gasteiger partial charge < -0.3 is 0 Å². The zero-order valence-corrected chi connectivity index (χ0v) is 11.1. The van der Waals surface area contributed by atoms with Gasteiger partial charge in [-0.05, 0) is 0 Å². The summed E-state index contributed by atoms with van der Waals surface area (Å²) in [5.74, 6) is 0.152. The fourth-order valence-corrected chi connectivity index (χ4v) is 4.58. The minimum atomic E-state index is -0.145. The number of benzene rings is 1. The molecule has 0 aliphatic heterocycles. The summed E-state index contributed by atoms with van der Waals surface area (Å²) in [7, 11) is 0. The molecule has 1 heterocycles. The average molecular weight is 294 g/mol. The van der Waals surface area contributed by atoms with Crippen LogP contribution in [0.1, 0.15) is 30.5 Å². The summed E-state index contributed by atoms with van der Waals surface area (Å²) in [6.45, 7) is 0. The third-order valence-corrected chi connectivity index (χ3v) is 5.66. The fourth-order valence-electron chi connectivity index (χ4n) is 2.46. The number of carbonyl (C=O) groups is 1. The summed E-state index contributed by atoms with van der Waals surface area (Å²) < 4.78 is 2.53. The molecule has 0 bridgehead atoms. The van der Waals surface area contributed by atoms with E-state index < -0.39 is 0 Å². The molecule has 17 heavy (non-hydrogen) atoms. The molecule has 1 aliphatic rings. The van der Waals surface area contributed by atoms with E-state index in [0.29, 0.717) is 0 Å². The average Bonchev–Trinajstić information content (AvgIpc) is 2.97. The van der Waals surface area contributed by atoms with E-state index in [2.05, 4.69) is 0 Å². The number of carbonyl (C=O) groups excluding carboxylic acids is 1. The zero-order chi connectivity index (χ0) is 11.8. The van der Waals surface area contributed by atoms with E-state index >= 15 is 0 Å². The van der Waals surface area contributed by atoms with Crippen LogP contribution in [-0.2, 0) is 0 Å². The number of hydrogen-bond donors (Lipinski definition) is 0. The van der Waals surface area contributed by atoms with Crippen LogP contribution in [0.4, 0.5) is 0 Å². The van der Waals surface area contributed by atoms with Gasteiger partial charge in [0.15, 0.2) is 0 Å². The van der Waals surface area contributed by atoms with Crippen molar-refractivity contribution < 1.29 is 4.79 Å². The quantitative estimate of drug-likeness (QED) is 0.753. The van der Waals surface area contributed by atoms with Crippen molar-refractivity contribution in [3.05, 3.63) is 34.6 Å². The maximum atomic E-state index is 12.2. The predicted molar refractivity (Wildman–Crippen MR) is 67.7 cm³/mol. The van der Waals surface area contributed by atoms with Crippen LogP contribution in [0.15, 0.2) is 29.1 Å². The molecule has 88 valence electrons. The molecule has 0 radical (unpaired) electrons. The molecule has 1 aromatic heterocycles. The molecule has 0 spiro atoms. The van der Waals surface area contributed by atoms with E-state index in [0.717, 1.165) is 35.3 Å². The van der Waals surface area contributed by atoms with Gasteiger partial charge in [-0.25, -0.2) is 0 Å². The monoisotopic (exact) mass is 295 g/mol. The van der Waals surface area contributed by atoms with Crippen LogP contribution in [0.5, 0.6) is 0 Å². The molecule has 1 aliphatic carbocycles. The summed E-state index contributed by atoms with van der Waals surface area (Å²) in [5, 5.41) is 0.721. The Labute approximate surface area is 105 Å². The molecule has 1 aromatic carbocycles. The Morgan fingerprint density at radius 2 is 1.94 bits per heavy atom. The number of rotatable bonds is 1. The molecule has 0 saturated heterocycles. The van der Waals surface area contributed by atoms with Gasteiger partial charge in [-0.1, -0.05) is 0 Å². The maximum absolute atomic E-state index is 12.2. The van der Waals surface area contributed by atoms with Crippen LogP contribution in [0.2, 0.25) is 0 Å². The Morgan fingerprint density at radius 3 is 2.65 bits per heavy atom. The third-order valence-electron chi connectivity index (χ3n) is 3.40. The summed E-state index contributed by atoms with van der Waals surface area (Å²) >= 11 is -0.145. The van der Waals surface area contributed by atoms with E-state index in [1.807, 2.05) is 24.3 Å². The van der Waals surface area contributed by atoms with E-state index in [-0.39, 0.29) is 32.1 Å². The van der Waals surface area contributed by atoms with Crippen molar-refractivity contribution in [3.63, 3.8) is 0 Å². The van der Waals surface area contributed by atoms with Gasteiger partial charge >= 0.3 is 105 Å². The molecule has 0 atom stereocenters. The Morgan fingerprint density at radius 1 is 1.24 bits per heavy atom. The van der Waals surface area contributed by atoms with Gasteiger partial charge in [0, 0.05) is 0 Å². The molecule has 0 N–H and O–H groups in total. The molecular formula is C13H13NO2Se. The number of fused-ring (bicyclic) bond motifs is 1. The van der Waals surface area contributed by atoms with Gasteiger partial charge in [0.25, 0.3) is 0 Å². The summed E-state index contributed by atoms with van der Waals surface area (Å²) in [6.07, 6.45) is 4.15.